The average molecular weight is 410 g/mol. The number of aromatic nitrogens is 1. The molecule has 1 aromatic heterocycles. The summed E-state index contributed by atoms with van der Waals surface area (Å²) in [5, 5.41) is 2.92. The number of rotatable bonds is 6. The van der Waals surface area contributed by atoms with E-state index in [4.69, 9.17) is 0 Å². The molecule has 1 aromatic carbocycles. The van der Waals surface area contributed by atoms with Crippen LogP contribution in [0.1, 0.15) is 44.1 Å². The van der Waals surface area contributed by atoms with Crippen molar-refractivity contribution in [3.63, 3.8) is 0 Å². The number of halogens is 1. The first-order chi connectivity index (χ1) is 14.6. The van der Waals surface area contributed by atoms with Gasteiger partial charge in [0, 0.05) is 26.1 Å². The molecule has 3 amide bonds. The minimum atomic E-state index is -0.289. The molecule has 1 saturated carbocycles. The number of benzene rings is 1. The fourth-order valence-electron chi connectivity index (χ4n) is 4.24. The number of carbonyl (C=O) groups excluding carboxylic acids is 2. The van der Waals surface area contributed by atoms with Crippen molar-refractivity contribution >= 4 is 23.4 Å². The molecular weight excluding hydrogens is 383 g/mol. The molecule has 0 bridgehead atoms. The SMILES string of the molecule is O=C(CC1CCCCC1)Nc1ccc(N2CCN(Cc3ccc(F)cc3)C2=O)nc1. The molecule has 4 rings (SSSR count). The molecule has 0 spiro atoms. The van der Waals surface area contributed by atoms with Crippen LogP contribution in [0.4, 0.5) is 20.7 Å². The van der Waals surface area contributed by atoms with Gasteiger partial charge in [-0.15, -0.1) is 0 Å². The first-order valence-corrected chi connectivity index (χ1v) is 10.7. The van der Waals surface area contributed by atoms with Crippen molar-refractivity contribution < 1.29 is 14.0 Å². The van der Waals surface area contributed by atoms with Gasteiger partial charge in [0.1, 0.15) is 11.6 Å². The van der Waals surface area contributed by atoms with Gasteiger partial charge in [0.2, 0.25) is 5.91 Å². The van der Waals surface area contributed by atoms with Crippen molar-refractivity contribution in [1.82, 2.24) is 9.88 Å². The van der Waals surface area contributed by atoms with Gasteiger partial charge in [-0.2, -0.15) is 0 Å². The van der Waals surface area contributed by atoms with Gasteiger partial charge in [-0.1, -0.05) is 31.4 Å². The summed E-state index contributed by atoms with van der Waals surface area (Å²) < 4.78 is 13.1. The van der Waals surface area contributed by atoms with E-state index in [0.717, 1.165) is 18.4 Å². The van der Waals surface area contributed by atoms with Crippen LogP contribution in [0, 0.1) is 11.7 Å². The van der Waals surface area contributed by atoms with Crippen molar-refractivity contribution in [3.05, 3.63) is 54.0 Å². The minimum Gasteiger partial charge on any atom is -0.325 e. The van der Waals surface area contributed by atoms with Gasteiger partial charge in [0.05, 0.1) is 11.9 Å². The monoisotopic (exact) mass is 410 g/mol. The number of carbonyl (C=O) groups is 2. The van der Waals surface area contributed by atoms with E-state index >= 15 is 0 Å². The lowest BCUT2D eigenvalue weighted by atomic mass is 9.87. The predicted molar refractivity (Wildman–Crippen MR) is 114 cm³/mol. The molecular formula is C23H27FN4O2. The third-order valence-electron chi connectivity index (χ3n) is 5.89. The Labute approximate surface area is 176 Å². The van der Waals surface area contributed by atoms with Gasteiger partial charge >= 0.3 is 6.03 Å². The fraction of sp³-hybridized carbons (Fsp3) is 0.435. The zero-order valence-electron chi connectivity index (χ0n) is 17.0. The van der Waals surface area contributed by atoms with E-state index in [-0.39, 0.29) is 17.8 Å². The summed E-state index contributed by atoms with van der Waals surface area (Å²) >= 11 is 0. The molecule has 2 fully saturated rings. The molecule has 2 aromatic rings. The summed E-state index contributed by atoms with van der Waals surface area (Å²) in [5.41, 5.74) is 1.53. The molecule has 2 heterocycles. The van der Waals surface area contributed by atoms with Crippen LogP contribution in [0.5, 0.6) is 0 Å². The van der Waals surface area contributed by atoms with Crippen molar-refractivity contribution in [2.45, 2.75) is 45.1 Å². The largest absolute Gasteiger partial charge is 0.326 e. The van der Waals surface area contributed by atoms with E-state index in [2.05, 4.69) is 10.3 Å². The highest BCUT2D eigenvalue weighted by Gasteiger charge is 2.30. The number of amides is 3. The molecule has 2 aliphatic rings. The van der Waals surface area contributed by atoms with Gasteiger partial charge < -0.3 is 10.2 Å². The summed E-state index contributed by atoms with van der Waals surface area (Å²) in [5.74, 6) is 0.787. The van der Waals surface area contributed by atoms with E-state index in [1.54, 1.807) is 40.3 Å². The Balaban J connectivity index is 1.31. The second kappa shape index (κ2) is 9.24. The minimum absolute atomic E-state index is 0.0270. The maximum absolute atomic E-state index is 13.1. The standard InChI is InChI=1S/C23H27FN4O2/c24-19-8-6-18(7-9-19)16-27-12-13-28(23(27)30)21-11-10-20(15-25-21)26-22(29)14-17-4-2-1-3-5-17/h6-11,15,17H,1-5,12-14,16H2,(H,26,29). The van der Waals surface area contributed by atoms with Crippen LogP contribution in [0.15, 0.2) is 42.6 Å². The highest BCUT2D eigenvalue weighted by Crippen LogP contribution is 2.27. The van der Waals surface area contributed by atoms with Crippen molar-refractivity contribution in [2.75, 3.05) is 23.3 Å². The highest BCUT2D eigenvalue weighted by atomic mass is 19.1. The predicted octanol–water partition coefficient (Wildman–Crippen LogP) is 4.57. The Hall–Kier alpha value is -2.96. The van der Waals surface area contributed by atoms with Gasteiger partial charge in [0.25, 0.3) is 0 Å². The molecule has 1 saturated heterocycles. The number of hydrogen-bond donors (Lipinski definition) is 1. The van der Waals surface area contributed by atoms with Crippen molar-refractivity contribution in [2.24, 2.45) is 5.92 Å². The summed E-state index contributed by atoms with van der Waals surface area (Å²) in [6, 6.07) is 9.60. The molecule has 6 nitrogen and oxygen atoms in total. The Morgan fingerprint density at radius 2 is 1.83 bits per heavy atom. The van der Waals surface area contributed by atoms with Crippen LogP contribution >= 0.6 is 0 Å². The van der Waals surface area contributed by atoms with E-state index in [9.17, 15) is 14.0 Å². The Kier molecular flexibility index (Phi) is 6.26. The molecule has 0 radical (unpaired) electrons. The summed E-state index contributed by atoms with van der Waals surface area (Å²) in [6.07, 6.45) is 8.15. The van der Waals surface area contributed by atoms with Crippen LogP contribution < -0.4 is 10.2 Å². The van der Waals surface area contributed by atoms with Crippen LogP contribution in [0.2, 0.25) is 0 Å². The van der Waals surface area contributed by atoms with E-state index in [1.807, 2.05) is 0 Å². The lowest BCUT2D eigenvalue weighted by Gasteiger charge is -2.21. The van der Waals surface area contributed by atoms with Gasteiger partial charge in [-0.25, -0.2) is 14.2 Å². The van der Waals surface area contributed by atoms with Gasteiger partial charge in [0.15, 0.2) is 0 Å². The first kappa shape index (κ1) is 20.3. The zero-order chi connectivity index (χ0) is 20.9. The third-order valence-corrected chi connectivity index (χ3v) is 5.89. The number of nitrogens with zero attached hydrogens (tertiary/aromatic N) is 3. The number of pyridine rings is 1. The van der Waals surface area contributed by atoms with Crippen molar-refractivity contribution in [1.29, 1.82) is 0 Å². The third kappa shape index (κ3) is 4.96. The van der Waals surface area contributed by atoms with Crippen LogP contribution in [0.3, 0.4) is 0 Å². The maximum Gasteiger partial charge on any atom is 0.326 e. The summed E-state index contributed by atoms with van der Waals surface area (Å²) in [4.78, 5) is 32.7. The number of urea groups is 1. The molecule has 30 heavy (non-hydrogen) atoms. The molecule has 1 aliphatic heterocycles. The zero-order valence-corrected chi connectivity index (χ0v) is 17.0. The van der Waals surface area contributed by atoms with Crippen LogP contribution in [0.25, 0.3) is 0 Å². The fourth-order valence-corrected chi connectivity index (χ4v) is 4.24. The Morgan fingerprint density at radius 1 is 1.07 bits per heavy atom. The quantitative estimate of drug-likeness (QED) is 0.759. The van der Waals surface area contributed by atoms with E-state index in [1.165, 1.54) is 31.4 Å². The lowest BCUT2D eigenvalue weighted by Crippen LogP contribution is -2.32. The molecule has 1 aliphatic carbocycles. The first-order valence-electron chi connectivity index (χ1n) is 10.7. The smallest absolute Gasteiger partial charge is 0.325 e. The van der Waals surface area contributed by atoms with E-state index < -0.39 is 0 Å². The normalized spacial score (nSPS) is 17.4. The highest BCUT2D eigenvalue weighted by molar-refractivity contribution is 5.94. The number of nitrogens with one attached hydrogen (secondary N) is 1. The van der Waals surface area contributed by atoms with Crippen LogP contribution in [-0.4, -0.2) is 34.9 Å². The molecule has 158 valence electrons. The molecule has 0 unspecified atom stereocenters. The topological polar surface area (TPSA) is 65.5 Å². The molecule has 0 atom stereocenters. The Morgan fingerprint density at radius 3 is 2.53 bits per heavy atom. The summed E-state index contributed by atoms with van der Waals surface area (Å²) in [7, 11) is 0. The van der Waals surface area contributed by atoms with Gasteiger partial charge in [-0.05, 0) is 48.6 Å². The molecule has 1 N–H and O–H groups in total. The van der Waals surface area contributed by atoms with E-state index in [0.29, 0.717) is 43.5 Å². The Bertz CT molecular complexity index is 879. The molecule has 7 heteroatoms. The second-order valence-electron chi connectivity index (χ2n) is 8.14. The summed E-state index contributed by atoms with van der Waals surface area (Å²) in [6.45, 7) is 1.56. The number of anilines is 2. The lowest BCUT2D eigenvalue weighted by molar-refractivity contribution is -0.117. The second-order valence-corrected chi connectivity index (χ2v) is 8.14. The maximum atomic E-state index is 13.1. The van der Waals surface area contributed by atoms with Crippen LogP contribution in [-0.2, 0) is 11.3 Å². The average Bonchev–Trinajstić information content (AvgIpc) is 3.11. The van der Waals surface area contributed by atoms with Crippen molar-refractivity contribution in [3.8, 4) is 0 Å². The van der Waals surface area contributed by atoms with Gasteiger partial charge in [-0.3, -0.25) is 9.69 Å². The number of hydrogen-bond acceptors (Lipinski definition) is 3.